The number of hydrogen-bond acceptors (Lipinski definition) is 4. The Morgan fingerprint density at radius 3 is 2.91 bits per heavy atom. The van der Waals surface area contributed by atoms with Crippen LogP contribution >= 0.6 is 11.6 Å². The second-order valence-electron chi connectivity index (χ2n) is 5.05. The van der Waals surface area contributed by atoms with Crippen LogP contribution in [0.15, 0.2) is 36.0 Å². The Balaban J connectivity index is 1.84. The van der Waals surface area contributed by atoms with Gasteiger partial charge in [-0.1, -0.05) is 23.7 Å². The maximum atomic E-state index is 12.2. The number of nitrogens with one attached hydrogen (secondary N) is 2. The fourth-order valence-corrected chi connectivity index (χ4v) is 2.48. The quantitative estimate of drug-likeness (QED) is 0.488. The lowest BCUT2D eigenvalue weighted by Gasteiger charge is -2.27. The third-order valence-electron chi connectivity index (χ3n) is 3.45. The number of halogens is 1. The zero-order chi connectivity index (χ0) is 15.8. The van der Waals surface area contributed by atoms with Crippen molar-refractivity contribution in [2.45, 2.75) is 6.42 Å². The normalized spacial score (nSPS) is 15.3. The molecule has 2 rings (SSSR count). The predicted octanol–water partition coefficient (Wildman–Crippen LogP) is 1.31. The predicted molar refractivity (Wildman–Crippen MR) is 86.3 cm³/mol. The van der Waals surface area contributed by atoms with E-state index in [2.05, 4.69) is 10.6 Å². The summed E-state index contributed by atoms with van der Waals surface area (Å²) in [6, 6.07) is 9.61. The summed E-state index contributed by atoms with van der Waals surface area (Å²) < 4.78 is 0. The van der Waals surface area contributed by atoms with Crippen LogP contribution in [-0.4, -0.2) is 43.5 Å². The highest BCUT2D eigenvalue weighted by molar-refractivity contribution is 6.30. The van der Waals surface area contributed by atoms with Crippen LogP contribution in [0, 0.1) is 11.3 Å². The molecular formula is C16H19ClN4O. The van der Waals surface area contributed by atoms with E-state index in [4.69, 9.17) is 16.9 Å². The maximum Gasteiger partial charge on any atom is 0.266 e. The number of amides is 1. The van der Waals surface area contributed by atoms with Crippen LogP contribution in [0.1, 0.15) is 5.56 Å². The molecule has 22 heavy (non-hydrogen) atoms. The largest absolute Gasteiger partial charge is 0.389 e. The summed E-state index contributed by atoms with van der Waals surface area (Å²) in [6.45, 7) is 3.46. The van der Waals surface area contributed by atoms with Crippen LogP contribution in [-0.2, 0) is 11.2 Å². The minimum atomic E-state index is -0.209. The molecule has 0 saturated carbocycles. The smallest absolute Gasteiger partial charge is 0.266 e. The lowest BCUT2D eigenvalue weighted by atomic mass is 10.1. The van der Waals surface area contributed by atoms with Gasteiger partial charge in [0.25, 0.3) is 5.91 Å². The molecule has 1 aliphatic rings. The lowest BCUT2D eigenvalue weighted by Crippen LogP contribution is -2.46. The van der Waals surface area contributed by atoms with Gasteiger partial charge in [0.1, 0.15) is 11.6 Å². The zero-order valence-corrected chi connectivity index (χ0v) is 13.1. The van der Waals surface area contributed by atoms with Crippen molar-refractivity contribution in [2.75, 3.05) is 32.7 Å². The Labute approximate surface area is 135 Å². The fraction of sp³-hybridized carbons (Fsp3) is 0.375. The van der Waals surface area contributed by atoms with Crippen LogP contribution in [0.25, 0.3) is 0 Å². The second kappa shape index (κ2) is 8.42. The molecule has 1 aromatic carbocycles. The van der Waals surface area contributed by atoms with E-state index in [1.807, 2.05) is 30.3 Å². The van der Waals surface area contributed by atoms with Gasteiger partial charge in [0, 0.05) is 43.9 Å². The van der Waals surface area contributed by atoms with Gasteiger partial charge in [-0.15, -0.1) is 0 Å². The Morgan fingerprint density at radius 2 is 2.23 bits per heavy atom. The molecule has 1 fully saturated rings. The molecule has 1 aromatic rings. The number of benzene rings is 1. The first kappa shape index (κ1) is 16.3. The van der Waals surface area contributed by atoms with Gasteiger partial charge in [0.05, 0.1) is 0 Å². The van der Waals surface area contributed by atoms with Crippen molar-refractivity contribution in [3.8, 4) is 6.07 Å². The van der Waals surface area contributed by atoms with E-state index in [-0.39, 0.29) is 11.5 Å². The molecule has 0 spiro atoms. The molecule has 0 aliphatic carbocycles. The van der Waals surface area contributed by atoms with E-state index < -0.39 is 0 Å². The van der Waals surface area contributed by atoms with Crippen molar-refractivity contribution in [3.05, 3.63) is 46.6 Å². The molecule has 1 saturated heterocycles. The number of carbonyl (C=O) groups excluding carboxylic acids is 1. The van der Waals surface area contributed by atoms with Crippen LogP contribution in [0.4, 0.5) is 0 Å². The first-order valence-electron chi connectivity index (χ1n) is 7.29. The average molecular weight is 319 g/mol. The molecule has 0 unspecified atom stereocenters. The summed E-state index contributed by atoms with van der Waals surface area (Å²) in [7, 11) is 0. The van der Waals surface area contributed by atoms with E-state index in [9.17, 15) is 4.79 Å². The van der Waals surface area contributed by atoms with E-state index >= 15 is 0 Å². The van der Waals surface area contributed by atoms with Gasteiger partial charge in [-0.25, -0.2) is 0 Å². The standard InChI is InChI=1S/C16H19ClN4O/c17-15-3-1-2-13(10-15)4-5-20-12-14(11-18)16(22)21-8-6-19-7-9-21/h1-3,10,12,19-20H,4-9H2/b14-12-. The summed E-state index contributed by atoms with van der Waals surface area (Å²) in [5, 5.41) is 16.1. The maximum absolute atomic E-state index is 12.2. The number of rotatable bonds is 5. The monoisotopic (exact) mass is 318 g/mol. The molecular weight excluding hydrogens is 300 g/mol. The Bertz CT molecular complexity index is 588. The van der Waals surface area contributed by atoms with Crippen molar-refractivity contribution in [2.24, 2.45) is 0 Å². The Morgan fingerprint density at radius 1 is 1.45 bits per heavy atom. The zero-order valence-electron chi connectivity index (χ0n) is 12.3. The van der Waals surface area contributed by atoms with Gasteiger partial charge in [-0.3, -0.25) is 4.79 Å². The van der Waals surface area contributed by atoms with E-state index in [1.165, 1.54) is 6.20 Å². The summed E-state index contributed by atoms with van der Waals surface area (Å²) >= 11 is 5.93. The molecule has 0 aromatic heterocycles. The van der Waals surface area contributed by atoms with Gasteiger partial charge in [0.15, 0.2) is 0 Å². The molecule has 0 bridgehead atoms. The molecule has 1 heterocycles. The van der Waals surface area contributed by atoms with Gasteiger partial charge in [0.2, 0.25) is 0 Å². The van der Waals surface area contributed by atoms with E-state index in [0.717, 1.165) is 25.1 Å². The lowest BCUT2D eigenvalue weighted by molar-refractivity contribution is -0.127. The van der Waals surface area contributed by atoms with Gasteiger partial charge in [-0.2, -0.15) is 5.26 Å². The first-order valence-corrected chi connectivity index (χ1v) is 7.66. The van der Waals surface area contributed by atoms with Crippen LogP contribution in [0.5, 0.6) is 0 Å². The minimum Gasteiger partial charge on any atom is -0.389 e. The van der Waals surface area contributed by atoms with Crippen LogP contribution in [0.2, 0.25) is 5.02 Å². The number of carbonyl (C=O) groups is 1. The van der Waals surface area contributed by atoms with Gasteiger partial charge < -0.3 is 15.5 Å². The van der Waals surface area contributed by atoms with Crippen molar-refractivity contribution in [1.82, 2.24) is 15.5 Å². The highest BCUT2D eigenvalue weighted by atomic mass is 35.5. The molecule has 0 radical (unpaired) electrons. The molecule has 6 heteroatoms. The summed E-state index contributed by atoms with van der Waals surface area (Å²) in [4.78, 5) is 13.9. The van der Waals surface area contributed by atoms with Crippen molar-refractivity contribution >= 4 is 17.5 Å². The van der Waals surface area contributed by atoms with Crippen LogP contribution in [0.3, 0.4) is 0 Å². The first-order chi connectivity index (χ1) is 10.7. The van der Waals surface area contributed by atoms with E-state index in [1.54, 1.807) is 4.90 Å². The fourth-order valence-electron chi connectivity index (χ4n) is 2.26. The molecule has 2 N–H and O–H groups in total. The molecule has 1 amide bonds. The third kappa shape index (κ3) is 4.76. The number of nitrogens with zero attached hydrogens (tertiary/aromatic N) is 2. The van der Waals surface area contributed by atoms with Crippen molar-refractivity contribution < 1.29 is 4.79 Å². The summed E-state index contributed by atoms with van der Waals surface area (Å²) in [5.74, 6) is -0.209. The number of nitriles is 1. The number of hydrogen-bond donors (Lipinski definition) is 2. The summed E-state index contributed by atoms with van der Waals surface area (Å²) in [5.41, 5.74) is 1.26. The summed E-state index contributed by atoms with van der Waals surface area (Å²) in [6.07, 6.45) is 2.28. The van der Waals surface area contributed by atoms with E-state index in [0.29, 0.717) is 24.7 Å². The Hall–Kier alpha value is -2.03. The average Bonchev–Trinajstić information content (AvgIpc) is 2.55. The van der Waals surface area contributed by atoms with Crippen molar-refractivity contribution in [1.29, 1.82) is 5.26 Å². The van der Waals surface area contributed by atoms with Crippen molar-refractivity contribution in [3.63, 3.8) is 0 Å². The van der Waals surface area contributed by atoms with Gasteiger partial charge in [-0.05, 0) is 24.1 Å². The van der Waals surface area contributed by atoms with Crippen LogP contribution < -0.4 is 10.6 Å². The molecule has 116 valence electrons. The molecule has 0 atom stereocenters. The highest BCUT2D eigenvalue weighted by Gasteiger charge is 2.19. The Kier molecular flexibility index (Phi) is 6.26. The topological polar surface area (TPSA) is 68.2 Å². The SMILES string of the molecule is N#C/C(=C/NCCc1cccc(Cl)c1)C(=O)N1CCNCC1. The minimum absolute atomic E-state index is 0.146. The molecule has 5 nitrogen and oxygen atoms in total. The van der Waals surface area contributed by atoms with Gasteiger partial charge >= 0.3 is 0 Å². The second-order valence-corrected chi connectivity index (χ2v) is 5.48. The third-order valence-corrected chi connectivity index (χ3v) is 3.68. The number of piperazine rings is 1. The molecule has 1 aliphatic heterocycles. The highest BCUT2D eigenvalue weighted by Crippen LogP contribution is 2.10.